The molecule has 3 heterocycles. The Kier molecular flexibility index (Phi) is 4.96. The van der Waals surface area contributed by atoms with Gasteiger partial charge in [-0.2, -0.15) is 5.26 Å². The van der Waals surface area contributed by atoms with E-state index in [0.717, 1.165) is 23.4 Å². The molecule has 0 bridgehead atoms. The Morgan fingerprint density at radius 1 is 1.25 bits per heavy atom. The molecular formula is C23H18ClN7O. The number of aromatic nitrogens is 5. The molecule has 4 aromatic rings. The number of benzene rings is 2. The first-order valence-electron chi connectivity index (χ1n) is 10.1. The number of imidazole rings is 1. The van der Waals surface area contributed by atoms with E-state index in [-0.39, 0.29) is 11.9 Å². The average Bonchev–Trinajstić information content (AvgIpc) is 3.51. The predicted octanol–water partition coefficient (Wildman–Crippen LogP) is 4.09. The number of fused-ring (bicyclic) bond motifs is 1. The molecule has 1 aliphatic heterocycles. The molecule has 8 nitrogen and oxygen atoms in total. The minimum absolute atomic E-state index is 0.0272. The maximum Gasteiger partial charge on any atom is 0.278 e. The molecule has 158 valence electrons. The van der Waals surface area contributed by atoms with Gasteiger partial charge in [-0.3, -0.25) is 4.79 Å². The first-order valence-corrected chi connectivity index (χ1v) is 10.5. The molecule has 1 aliphatic rings. The van der Waals surface area contributed by atoms with Crippen LogP contribution in [0.5, 0.6) is 0 Å². The number of nitrogens with zero attached hydrogens (tertiary/aromatic N) is 6. The normalized spacial score (nSPS) is 14.7. The fourth-order valence-corrected chi connectivity index (χ4v) is 4.16. The second-order valence-electron chi connectivity index (χ2n) is 7.66. The monoisotopic (exact) mass is 443 g/mol. The van der Waals surface area contributed by atoms with E-state index in [1.165, 1.54) is 0 Å². The molecule has 1 N–H and O–H groups in total. The summed E-state index contributed by atoms with van der Waals surface area (Å²) in [5.41, 5.74) is 4.67. The molecule has 5 rings (SSSR count). The van der Waals surface area contributed by atoms with Gasteiger partial charge in [-0.1, -0.05) is 28.9 Å². The van der Waals surface area contributed by atoms with Crippen molar-refractivity contribution in [1.29, 1.82) is 5.26 Å². The molecular weight excluding hydrogens is 426 g/mol. The summed E-state index contributed by atoms with van der Waals surface area (Å²) in [5, 5.41) is 21.5. The third-order valence-electron chi connectivity index (χ3n) is 5.58. The number of anilines is 1. The SMILES string of the molecule is Cc1cn(-c2ccc(NC(=O)c3nnn4c3CCC4c3ccc(Cl)cc3)cc2C#N)cn1. The van der Waals surface area contributed by atoms with Crippen LogP contribution in [-0.2, 0) is 6.42 Å². The number of aryl methyl sites for hydroxylation is 1. The fourth-order valence-electron chi connectivity index (χ4n) is 4.03. The molecule has 0 aliphatic carbocycles. The van der Waals surface area contributed by atoms with Gasteiger partial charge in [0.15, 0.2) is 5.69 Å². The Labute approximate surface area is 189 Å². The van der Waals surface area contributed by atoms with Gasteiger partial charge in [0, 0.05) is 16.9 Å². The number of hydrogen-bond acceptors (Lipinski definition) is 5. The maximum absolute atomic E-state index is 12.9. The van der Waals surface area contributed by atoms with Crippen molar-refractivity contribution in [2.75, 3.05) is 5.32 Å². The van der Waals surface area contributed by atoms with E-state index >= 15 is 0 Å². The van der Waals surface area contributed by atoms with Gasteiger partial charge >= 0.3 is 0 Å². The topological polar surface area (TPSA) is 101 Å². The van der Waals surface area contributed by atoms with Crippen molar-refractivity contribution in [3.05, 3.63) is 88.2 Å². The number of carbonyl (C=O) groups is 1. The zero-order valence-electron chi connectivity index (χ0n) is 17.2. The molecule has 9 heteroatoms. The molecule has 0 fully saturated rings. The lowest BCUT2D eigenvalue weighted by Gasteiger charge is -2.11. The number of amides is 1. The highest BCUT2D eigenvalue weighted by Crippen LogP contribution is 2.32. The van der Waals surface area contributed by atoms with Crippen LogP contribution in [0.2, 0.25) is 5.02 Å². The van der Waals surface area contributed by atoms with Crippen LogP contribution < -0.4 is 5.32 Å². The van der Waals surface area contributed by atoms with Crippen LogP contribution in [0.4, 0.5) is 5.69 Å². The van der Waals surface area contributed by atoms with Crippen molar-refractivity contribution in [2.45, 2.75) is 25.8 Å². The number of rotatable bonds is 4. The summed E-state index contributed by atoms with van der Waals surface area (Å²) >= 11 is 6.00. The maximum atomic E-state index is 12.9. The van der Waals surface area contributed by atoms with Gasteiger partial charge in [0.2, 0.25) is 0 Å². The third kappa shape index (κ3) is 3.53. The zero-order chi connectivity index (χ0) is 22.2. The molecule has 0 saturated carbocycles. The number of carbonyl (C=O) groups excluding carboxylic acids is 1. The highest BCUT2D eigenvalue weighted by atomic mass is 35.5. The average molecular weight is 444 g/mol. The Balaban J connectivity index is 1.38. The van der Waals surface area contributed by atoms with E-state index in [0.29, 0.717) is 34.1 Å². The molecule has 2 aromatic heterocycles. The molecule has 2 aromatic carbocycles. The van der Waals surface area contributed by atoms with Gasteiger partial charge in [0.25, 0.3) is 5.91 Å². The van der Waals surface area contributed by atoms with Crippen molar-refractivity contribution in [1.82, 2.24) is 24.5 Å². The zero-order valence-corrected chi connectivity index (χ0v) is 17.9. The molecule has 1 amide bonds. The minimum atomic E-state index is -0.349. The van der Waals surface area contributed by atoms with Crippen LogP contribution >= 0.6 is 11.6 Å². The van der Waals surface area contributed by atoms with Crippen LogP contribution in [0.1, 0.15) is 45.5 Å². The van der Waals surface area contributed by atoms with Gasteiger partial charge in [-0.15, -0.1) is 5.10 Å². The summed E-state index contributed by atoms with van der Waals surface area (Å²) in [7, 11) is 0. The molecule has 0 saturated heterocycles. The van der Waals surface area contributed by atoms with Crippen molar-refractivity contribution < 1.29 is 4.79 Å². The summed E-state index contributed by atoms with van der Waals surface area (Å²) in [6, 6.07) is 15.0. The van der Waals surface area contributed by atoms with E-state index in [2.05, 4.69) is 26.7 Å². The summed E-state index contributed by atoms with van der Waals surface area (Å²) in [6.45, 7) is 1.88. The molecule has 32 heavy (non-hydrogen) atoms. The van der Waals surface area contributed by atoms with Crippen molar-refractivity contribution in [3.8, 4) is 11.8 Å². The van der Waals surface area contributed by atoms with Crippen molar-refractivity contribution >= 4 is 23.2 Å². The van der Waals surface area contributed by atoms with Gasteiger partial charge in [-0.05, 0) is 55.7 Å². The van der Waals surface area contributed by atoms with Gasteiger partial charge in [0.1, 0.15) is 6.07 Å². The summed E-state index contributed by atoms with van der Waals surface area (Å²) in [5.74, 6) is -0.349. The van der Waals surface area contributed by atoms with Crippen LogP contribution in [0, 0.1) is 18.3 Å². The highest BCUT2D eigenvalue weighted by Gasteiger charge is 2.30. The van der Waals surface area contributed by atoms with Gasteiger partial charge in [0.05, 0.1) is 35.0 Å². The number of nitriles is 1. The first kappa shape index (κ1) is 20.0. The van der Waals surface area contributed by atoms with E-state index in [1.807, 2.05) is 42.1 Å². The van der Waals surface area contributed by atoms with E-state index in [1.54, 1.807) is 29.1 Å². The second kappa shape index (κ2) is 7.94. The summed E-state index contributed by atoms with van der Waals surface area (Å²) in [6.07, 6.45) is 5.03. The Morgan fingerprint density at radius 2 is 2.06 bits per heavy atom. The van der Waals surface area contributed by atoms with Crippen LogP contribution in [0.15, 0.2) is 55.0 Å². The first-order chi connectivity index (χ1) is 15.5. The third-order valence-corrected chi connectivity index (χ3v) is 5.83. The molecule has 1 atom stereocenters. The second-order valence-corrected chi connectivity index (χ2v) is 8.09. The smallest absolute Gasteiger partial charge is 0.278 e. The lowest BCUT2D eigenvalue weighted by atomic mass is 10.1. The Bertz CT molecular complexity index is 1360. The molecule has 0 spiro atoms. The lowest BCUT2D eigenvalue weighted by molar-refractivity contribution is 0.102. The van der Waals surface area contributed by atoms with Crippen molar-refractivity contribution in [3.63, 3.8) is 0 Å². The highest BCUT2D eigenvalue weighted by molar-refractivity contribution is 6.30. The molecule has 1 unspecified atom stereocenters. The predicted molar refractivity (Wildman–Crippen MR) is 119 cm³/mol. The van der Waals surface area contributed by atoms with E-state index in [4.69, 9.17) is 11.6 Å². The fraction of sp³-hybridized carbons (Fsp3) is 0.174. The van der Waals surface area contributed by atoms with Crippen LogP contribution in [0.25, 0.3) is 5.69 Å². The van der Waals surface area contributed by atoms with Gasteiger partial charge < -0.3 is 9.88 Å². The Hall–Kier alpha value is -3.96. The summed E-state index contributed by atoms with van der Waals surface area (Å²) in [4.78, 5) is 17.1. The number of halogens is 1. The van der Waals surface area contributed by atoms with Crippen LogP contribution in [0.3, 0.4) is 0 Å². The lowest BCUT2D eigenvalue weighted by Crippen LogP contribution is -2.15. The number of hydrogen-bond donors (Lipinski definition) is 1. The van der Waals surface area contributed by atoms with Gasteiger partial charge in [-0.25, -0.2) is 9.67 Å². The van der Waals surface area contributed by atoms with E-state index < -0.39 is 0 Å². The number of nitrogens with one attached hydrogen (secondary N) is 1. The molecule has 0 radical (unpaired) electrons. The largest absolute Gasteiger partial charge is 0.320 e. The Morgan fingerprint density at radius 3 is 2.78 bits per heavy atom. The summed E-state index contributed by atoms with van der Waals surface area (Å²) < 4.78 is 3.59. The minimum Gasteiger partial charge on any atom is -0.320 e. The van der Waals surface area contributed by atoms with Crippen molar-refractivity contribution in [2.24, 2.45) is 0 Å². The standard InChI is InChI=1S/C23H18ClN7O/c1-14-12-30(13-26-14)19-7-6-18(10-16(19)11-25)27-23(32)22-21-9-8-20(31(21)29-28-22)15-2-4-17(24)5-3-15/h2-7,10,12-13,20H,8-9H2,1H3,(H,27,32). The van der Waals surface area contributed by atoms with E-state index in [9.17, 15) is 10.1 Å². The quantitative estimate of drug-likeness (QED) is 0.512. The van der Waals surface area contributed by atoms with Crippen LogP contribution in [-0.4, -0.2) is 30.5 Å².